The summed E-state index contributed by atoms with van der Waals surface area (Å²) in [7, 11) is -4.32. The standard InChI is InChI=1S/C45H85NO5S/c1-3-5-7-9-11-13-15-17-19-21-22-23-25-26-28-30-32-34-36-38-40-44(47)43(42-52(49,50)51)46-45(48)41-39-37-35-33-31-29-27-24-20-18-16-14-12-10-8-6-4-2/h6,8,12,14,18,20,43-44,47H,3-5,7,9-11,13,15-17,19,21-42H2,1-2H3,(H,46,48)(H,49,50,51)/b8-6-,14-12-,20-18-. The third-order valence-corrected chi connectivity index (χ3v) is 10.9. The van der Waals surface area contributed by atoms with Crippen LogP contribution in [0.3, 0.4) is 0 Å². The van der Waals surface area contributed by atoms with E-state index in [0.29, 0.717) is 12.8 Å². The van der Waals surface area contributed by atoms with Crippen molar-refractivity contribution in [1.82, 2.24) is 5.32 Å². The average molecular weight is 752 g/mol. The second-order valence-corrected chi connectivity index (χ2v) is 16.8. The highest BCUT2D eigenvalue weighted by molar-refractivity contribution is 7.85. The van der Waals surface area contributed by atoms with E-state index in [9.17, 15) is 22.9 Å². The smallest absolute Gasteiger partial charge is 0.266 e. The molecule has 0 aromatic rings. The number of allylic oxidation sites excluding steroid dienone is 6. The van der Waals surface area contributed by atoms with E-state index in [4.69, 9.17) is 0 Å². The van der Waals surface area contributed by atoms with E-state index in [-0.39, 0.29) is 5.91 Å². The molecule has 6 nitrogen and oxygen atoms in total. The van der Waals surface area contributed by atoms with E-state index in [1.165, 1.54) is 128 Å². The molecule has 306 valence electrons. The molecule has 0 aliphatic heterocycles. The third-order valence-electron chi connectivity index (χ3n) is 10.1. The van der Waals surface area contributed by atoms with E-state index in [0.717, 1.165) is 70.6 Å². The zero-order valence-corrected chi connectivity index (χ0v) is 35.0. The highest BCUT2D eigenvalue weighted by atomic mass is 32.2. The van der Waals surface area contributed by atoms with Gasteiger partial charge in [0.1, 0.15) is 0 Å². The molecule has 0 radical (unpaired) electrons. The van der Waals surface area contributed by atoms with Crippen LogP contribution in [0.1, 0.15) is 226 Å². The highest BCUT2D eigenvalue weighted by Gasteiger charge is 2.26. The van der Waals surface area contributed by atoms with E-state index in [2.05, 4.69) is 55.6 Å². The summed E-state index contributed by atoms with van der Waals surface area (Å²) in [6, 6.07) is -0.976. The Morgan fingerprint density at radius 1 is 0.538 bits per heavy atom. The largest absolute Gasteiger partial charge is 0.391 e. The van der Waals surface area contributed by atoms with Gasteiger partial charge in [0.2, 0.25) is 5.91 Å². The van der Waals surface area contributed by atoms with Gasteiger partial charge in [-0.05, 0) is 44.9 Å². The number of hydrogen-bond donors (Lipinski definition) is 3. The molecule has 0 aliphatic rings. The minimum absolute atomic E-state index is 0.254. The summed E-state index contributed by atoms with van der Waals surface area (Å²) in [6.07, 6.45) is 51.0. The van der Waals surface area contributed by atoms with Crippen LogP contribution in [0.5, 0.6) is 0 Å². The van der Waals surface area contributed by atoms with Crippen molar-refractivity contribution in [1.29, 1.82) is 0 Å². The Morgan fingerprint density at radius 3 is 1.37 bits per heavy atom. The molecule has 7 heteroatoms. The van der Waals surface area contributed by atoms with E-state index >= 15 is 0 Å². The lowest BCUT2D eigenvalue weighted by molar-refractivity contribution is -0.122. The Labute approximate surface area is 323 Å². The van der Waals surface area contributed by atoms with Crippen molar-refractivity contribution in [2.45, 2.75) is 238 Å². The van der Waals surface area contributed by atoms with Crippen LogP contribution in [-0.2, 0) is 14.9 Å². The highest BCUT2D eigenvalue weighted by Crippen LogP contribution is 2.16. The molecule has 0 rings (SSSR count). The van der Waals surface area contributed by atoms with Crippen LogP contribution in [0.2, 0.25) is 0 Å². The van der Waals surface area contributed by atoms with Crippen molar-refractivity contribution in [2.24, 2.45) is 0 Å². The van der Waals surface area contributed by atoms with Gasteiger partial charge < -0.3 is 10.4 Å². The minimum atomic E-state index is -4.32. The molecule has 0 heterocycles. The van der Waals surface area contributed by atoms with Crippen LogP contribution in [0.25, 0.3) is 0 Å². The molecular weight excluding hydrogens is 667 g/mol. The van der Waals surface area contributed by atoms with Gasteiger partial charge in [-0.15, -0.1) is 0 Å². The number of carbonyl (C=O) groups is 1. The van der Waals surface area contributed by atoms with Crippen LogP contribution in [0, 0.1) is 0 Å². The maximum atomic E-state index is 12.5. The van der Waals surface area contributed by atoms with Gasteiger partial charge in [0.05, 0.1) is 17.9 Å². The molecule has 2 unspecified atom stereocenters. The molecule has 3 N–H and O–H groups in total. The summed E-state index contributed by atoms with van der Waals surface area (Å²) in [4.78, 5) is 12.5. The topological polar surface area (TPSA) is 104 Å². The molecule has 0 aromatic heterocycles. The molecule has 0 bridgehead atoms. The summed E-state index contributed by atoms with van der Waals surface area (Å²) in [5.41, 5.74) is 0. The van der Waals surface area contributed by atoms with Gasteiger partial charge in [0.15, 0.2) is 0 Å². The molecule has 0 saturated carbocycles. The van der Waals surface area contributed by atoms with Crippen LogP contribution in [0.15, 0.2) is 36.5 Å². The first-order chi connectivity index (χ1) is 25.3. The number of unbranched alkanes of at least 4 members (excludes halogenated alkanes) is 26. The monoisotopic (exact) mass is 752 g/mol. The first kappa shape index (κ1) is 50.6. The average Bonchev–Trinajstić information content (AvgIpc) is 3.11. The van der Waals surface area contributed by atoms with Crippen molar-refractivity contribution in [3.05, 3.63) is 36.5 Å². The van der Waals surface area contributed by atoms with Crippen molar-refractivity contribution < 1.29 is 22.9 Å². The molecule has 0 aromatic carbocycles. The van der Waals surface area contributed by atoms with Gasteiger partial charge in [-0.2, -0.15) is 8.42 Å². The third kappa shape index (κ3) is 39.8. The van der Waals surface area contributed by atoms with Crippen molar-refractivity contribution >= 4 is 16.0 Å². The normalized spacial score (nSPS) is 13.5. The Morgan fingerprint density at radius 2 is 0.923 bits per heavy atom. The van der Waals surface area contributed by atoms with Crippen LogP contribution < -0.4 is 5.32 Å². The maximum absolute atomic E-state index is 12.5. The van der Waals surface area contributed by atoms with Crippen molar-refractivity contribution in [3.8, 4) is 0 Å². The molecule has 0 spiro atoms. The molecule has 1 amide bonds. The van der Waals surface area contributed by atoms with E-state index in [1.807, 2.05) is 0 Å². The lowest BCUT2D eigenvalue weighted by atomic mass is 10.0. The van der Waals surface area contributed by atoms with Gasteiger partial charge in [-0.3, -0.25) is 9.35 Å². The molecular formula is C45H85NO5S. The van der Waals surface area contributed by atoms with Crippen LogP contribution in [0.4, 0.5) is 0 Å². The molecule has 0 saturated heterocycles. The van der Waals surface area contributed by atoms with Crippen LogP contribution in [-0.4, -0.2) is 41.9 Å². The number of carbonyl (C=O) groups excluding carboxylic acids is 1. The Kier molecular flexibility index (Phi) is 38.2. The number of rotatable bonds is 40. The van der Waals surface area contributed by atoms with Gasteiger partial charge >= 0.3 is 0 Å². The first-order valence-electron chi connectivity index (χ1n) is 22.2. The first-order valence-corrected chi connectivity index (χ1v) is 23.8. The van der Waals surface area contributed by atoms with Gasteiger partial charge in [-0.25, -0.2) is 0 Å². The predicted molar refractivity (Wildman–Crippen MR) is 225 cm³/mol. The summed E-state index contributed by atoms with van der Waals surface area (Å²) < 4.78 is 32.6. The molecule has 2 atom stereocenters. The number of aliphatic hydroxyl groups excluding tert-OH is 1. The zero-order valence-electron chi connectivity index (χ0n) is 34.2. The summed E-state index contributed by atoms with van der Waals surface area (Å²) in [5.74, 6) is -0.906. The van der Waals surface area contributed by atoms with Crippen LogP contribution >= 0.6 is 0 Å². The molecule has 52 heavy (non-hydrogen) atoms. The SMILES string of the molecule is CC/C=C\C/C=C\C/C=C\CCCCCCCCCC(=O)NC(CS(=O)(=O)O)C(O)CCCCCCCCCCCCCCCCCCCCCC. The Balaban J connectivity index is 3.82. The number of aliphatic hydroxyl groups is 1. The number of nitrogens with one attached hydrogen (secondary N) is 1. The summed E-state index contributed by atoms with van der Waals surface area (Å²) >= 11 is 0. The van der Waals surface area contributed by atoms with Gasteiger partial charge in [-0.1, -0.05) is 211 Å². The van der Waals surface area contributed by atoms with Crippen molar-refractivity contribution in [3.63, 3.8) is 0 Å². The molecule has 0 fully saturated rings. The second-order valence-electron chi connectivity index (χ2n) is 15.3. The Hall–Kier alpha value is -1.44. The lowest BCUT2D eigenvalue weighted by Crippen LogP contribution is -2.47. The van der Waals surface area contributed by atoms with E-state index < -0.39 is 28.0 Å². The molecule has 0 aliphatic carbocycles. The summed E-state index contributed by atoms with van der Waals surface area (Å²) in [5, 5.41) is 13.4. The number of amides is 1. The zero-order chi connectivity index (χ0) is 38.2. The lowest BCUT2D eigenvalue weighted by Gasteiger charge is -2.23. The van der Waals surface area contributed by atoms with E-state index in [1.54, 1.807) is 0 Å². The summed E-state index contributed by atoms with van der Waals surface area (Å²) in [6.45, 7) is 4.43. The Bertz CT molecular complexity index is 961. The number of hydrogen-bond acceptors (Lipinski definition) is 4. The predicted octanol–water partition coefficient (Wildman–Crippen LogP) is 13.3. The van der Waals surface area contributed by atoms with Crippen molar-refractivity contribution in [2.75, 3.05) is 5.75 Å². The fourth-order valence-electron chi connectivity index (χ4n) is 6.82. The fourth-order valence-corrected chi connectivity index (χ4v) is 7.58. The second kappa shape index (κ2) is 39.3. The minimum Gasteiger partial charge on any atom is -0.391 e. The van der Waals surface area contributed by atoms with Gasteiger partial charge in [0, 0.05) is 6.42 Å². The maximum Gasteiger partial charge on any atom is 0.266 e. The quantitative estimate of drug-likeness (QED) is 0.0328. The fraction of sp³-hybridized carbons (Fsp3) is 0.844. The van der Waals surface area contributed by atoms with Gasteiger partial charge in [0.25, 0.3) is 10.1 Å².